The number of ether oxygens (including phenoxy) is 1. The number of rotatable bonds is 8. The molecule has 0 radical (unpaired) electrons. The van der Waals surface area contributed by atoms with E-state index in [1.54, 1.807) is 0 Å². The molecule has 1 N–H and O–H groups in total. The number of nitrogens with one attached hydrogen (secondary N) is 1. The average molecular weight is 268 g/mol. The molecular weight excluding hydrogens is 242 g/mol. The van der Waals surface area contributed by atoms with Crippen LogP contribution in [-0.4, -0.2) is 19.0 Å². The van der Waals surface area contributed by atoms with Gasteiger partial charge in [0.25, 0.3) is 0 Å². The highest BCUT2D eigenvalue weighted by atomic mass is 16.5. The smallest absolute Gasteiger partial charge is 0.305 e. The monoisotopic (exact) mass is 268 g/mol. The van der Waals surface area contributed by atoms with Crippen molar-refractivity contribution in [2.24, 2.45) is 0 Å². The van der Waals surface area contributed by atoms with E-state index in [9.17, 15) is 9.59 Å². The van der Waals surface area contributed by atoms with Crippen molar-refractivity contribution in [1.29, 1.82) is 0 Å². The van der Waals surface area contributed by atoms with Crippen molar-refractivity contribution >= 4 is 17.6 Å². The Bertz CT molecular complexity index is 593. The standard InChI is InChI=1S/C15H21NO3/c1-19-15(18)12-8-3-2-7-11-14(17)16-13-9-5-4-6-10-13/h4-6,9-10H,2-3,7-8,11-12H2,1H3,(H,16,17)/i4D,5D,6D,9D,10D. The maximum absolute atomic E-state index is 11.9. The first kappa shape index (κ1) is 9.13. The maximum atomic E-state index is 11.9. The predicted molar refractivity (Wildman–Crippen MR) is 74.8 cm³/mol. The summed E-state index contributed by atoms with van der Waals surface area (Å²) in [7, 11) is 1.34. The van der Waals surface area contributed by atoms with Gasteiger partial charge in [-0.15, -0.1) is 0 Å². The minimum absolute atomic E-state index is 0.181. The van der Waals surface area contributed by atoms with E-state index in [4.69, 9.17) is 6.85 Å². The maximum Gasteiger partial charge on any atom is 0.305 e. The van der Waals surface area contributed by atoms with Crippen LogP contribution in [0.1, 0.15) is 45.4 Å². The highest BCUT2D eigenvalue weighted by Gasteiger charge is 2.03. The Kier molecular flexibility index (Phi) is 4.39. The van der Waals surface area contributed by atoms with Crippen LogP contribution in [0.3, 0.4) is 0 Å². The Morgan fingerprint density at radius 1 is 1.11 bits per heavy atom. The molecule has 0 bridgehead atoms. The number of unbranched alkanes of at least 4 members (excludes halogenated alkanes) is 3. The minimum Gasteiger partial charge on any atom is -0.469 e. The first-order chi connectivity index (χ1) is 11.3. The lowest BCUT2D eigenvalue weighted by Crippen LogP contribution is -2.10. The van der Waals surface area contributed by atoms with Gasteiger partial charge >= 0.3 is 5.97 Å². The van der Waals surface area contributed by atoms with Gasteiger partial charge < -0.3 is 10.1 Å². The lowest BCUT2D eigenvalue weighted by Gasteiger charge is -2.04. The molecule has 0 spiro atoms. The molecule has 0 saturated heterocycles. The molecule has 1 amide bonds. The highest BCUT2D eigenvalue weighted by Crippen LogP contribution is 2.09. The number of para-hydroxylation sites is 1. The fraction of sp³-hybridized carbons (Fsp3) is 0.467. The Morgan fingerprint density at radius 2 is 1.74 bits per heavy atom. The summed E-state index contributed by atoms with van der Waals surface area (Å²) in [6, 6.07) is -2.29. The van der Waals surface area contributed by atoms with E-state index in [0.29, 0.717) is 19.3 Å². The van der Waals surface area contributed by atoms with Crippen LogP contribution in [0, 0.1) is 0 Å². The molecule has 0 aliphatic carbocycles. The Balaban J connectivity index is 2.48. The molecule has 0 aromatic heterocycles. The summed E-state index contributed by atoms with van der Waals surface area (Å²) in [6.45, 7) is 0. The third kappa shape index (κ3) is 7.24. The van der Waals surface area contributed by atoms with Crippen molar-refractivity contribution < 1.29 is 21.2 Å². The summed E-state index contributed by atoms with van der Waals surface area (Å²) in [5, 5.41) is 2.39. The van der Waals surface area contributed by atoms with Crippen molar-refractivity contribution in [2.75, 3.05) is 12.4 Å². The van der Waals surface area contributed by atoms with E-state index in [2.05, 4.69) is 10.1 Å². The van der Waals surface area contributed by atoms with Crippen molar-refractivity contribution in [3.8, 4) is 0 Å². The molecule has 4 nitrogen and oxygen atoms in total. The third-order valence-corrected chi connectivity index (χ3v) is 2.53. The van der Waals surface area contributed by atoms with Gasteiger partial charge in [-0.2, -0.15) is 0 Å². The number of methoxy groups -OCH3 is 1. The lowest BCUT2D eigenvalue weighted by molar-refractivity contribution is -0.140. The number of esters is 1. The second kappa shape index (κ2) is 9.14. The van der Waals surface area contributed by atoms with E-state index >= 15 is 0 Å². The van der Waals surface area contributed by atoms with Crippen LogP contribution >= 0.6 is 0 Å². The molecule has 0 heterocycles. The molecule has 0 unspecified atom stereocenters. The number of anilines is 1. The first-order valence-corrected chi connectivity index (χ1v) is 6.23. The zero-order valence-electron chi connectivity index (χ0n) is 16.0. The predicted octanol–water partition coefficient (Wildman–Crippen LogP) is 3.14. The second-order valence-corrected chi connectivity index (χ2v) is 4.04. The lowest BCUT2D eigenvalue weighted by atomic mass is 10.1. The molecule has 1 aromatic rings. The van der Waals surface area contributed by atoms with E-state index in [0.717, 1.165) is 12.8 Å². The van der Waals surface area contributed by atoms with Gasteiger partial charge in [-0.05, 0) is 24.9 Å². The fourth-order valence-corrected chi connectivity index (χ4v) is 1.52. The molecule has 1 aromatic carbocycles. The SMILES string of the molecule is [2H]c1c([2H])c([2H])c(NC(=O)CCCCCCC(=O)OC)c([2H])c1[2H]. The molecule has 104 valence electrons. The number of hydrogen-bond donors (Lipinski definition) is 1. The van der Waals surface area contributed by atoms with Gasteiger partial charge in [0.15, 0.2) is 0 Å². The van der Waals surface area contributed by atoms with E-state index in [1.807, 2.05) is 0 Å². The summed E-state index contributed by atoms with van der Waals surface area (Å²) in [6.07, 6.45) is 3.36. The zero-order valence-corrected chi connectivity index (χ0v) is 11.0. The van der Waals surface area contributed by atoms with Gasteiger partial charge in [-0.3, -0.25) is 9.59 Å². The van der Waals surface area contributed by atoms with Gasteiger partial charge in [-0.25, -0.2) is 0 Å². The molecule has 19 heavy (non-hydrogen) atoms. The normalized spacial score (nSPS) is 13.6. The summed E-state index contributed by atoms with van der Waals surface area (Å²) in [5.74, 6) is -0.657. The summed E-state index contributed by atoms with van der Waals surface area (Å²) < 4.78 is 42.6. The number of hydrogen-bond acceptors (Lipinski definition) is 3. The van der Waals surface area contributed by atoms with Crippen molar-refractivity contribution in [2.45, 2.75) is 38.5 Å². The molecular formula is C15H21NO3. The minimum atomic E-state index is -0.492. The summed E-state index contributed by atoms with van der Waals surface area (Å²) >= 11 is 0. The average Bonchev–Trinajstić information content (AvgIpc) is 2.57. The quantitative estimate of drug-likeness (QED) is 0.582. The van der Waals surface area contributed by atoms with Crippen LogP contribution in [0.25, 0.3) is 0 Å². The summed E-state index contributed by atoms with van der Waals surface area (Å²) in [4.78, 5) is 22.8. The van der Waals surface area contributed by atoms with Crippen molar-refractivity contribution in [3.05, 3.63) is 30.2 Å². The number of carbonyl (C=O) groups excluding carboxylic acids is 2. The molecule has 0 fully saturated rings. The van der Waals surface area contributed by atoms with Crippen LogP contribution < -0.4 is 5.32 Å². The Morgan fingerprint density at radius 3 is 2.37 bits per heavy atom. The molecule has 0 aliphatic heterocycles. The van der Waals surface area contributed by atoms with E-state index in [1.165, 1.54) is 7.11 Å². The second-order valence-electron chi connectivity index (χ2n) is 4.04. The number of amides is 1. The van der Waals surface area contributed by atoms with Crippen molar-refractivity contribution in [1.82, 2.24) is 0 Å². The van der Waals surface area contributed by atoms with Gasteiger partial charge in [-0.1, -0.05) is 31.0 Å². The van der Waals surface area contributed by atoms with Gasteiger partial charge in [0, 0.05) is 18.5 Å². The molecule has 0 atom stereocenters. The van der Waals surface area contributed by atoms with Crippen LogP contribution in [0.4, 0.5) is 5.69 Å². The first-order valence-electron chi connectivity index (χ1n) is 8.73. The van der Waals surface area contributed by atoms with Gasteiger partial charge in [0.2, 0.25) is 5.91 Å². The van der Waals surface area contributed by atoms with Gasteiger partial charge in [0.05, 0.1) is 14.0 Å². The van der Waals surface area contributed by atoms with E-state index in [-0.39, 0.29) is 18.1 Å². The van der Waals surface area contributed by atoms with Gasteiger partial charge in [0.1, 0.15) is 0 Å². The highest BCUT2D eigenvalue weighted by molar-refractivity contribution is 5.90. The van der Waals surface area contributed by atoms with E-state index < -0.39 is 36.1 Å². The Hall–Kier alpha value is -1.84. The number of benzene rings is 1. The molecule has 0 aliphatic rings. The largest absolute Gasteiger partial charge is 0.469 e. The zero-order chi connectivity index (χ0) is 18.3. The Labute approximate surface area is 121 Å². The molecule has 4 heteroatoms. The molecule has 1 rings (SSSR count). The molecule has 0 saturated carbocycles. The van der Waals surface area contributed by atoms with Crippen LogP contribution in [0.2, 0.25) is 0 Å². The summed E-state index contributed by atoms with van der Waals surface area (Å²) in [5.41, 5.74) is -0.198. The van der Waals surface area contributed by atoms with Crippen molar-refractivity contribution in [3.63, 3.8) is 0 Å². The third-order valence-electron chi connectivity index (χ3n) is 2.53. The van der Waals surface area contributed by atoms with Crippen LogP contribution in [0.5, 0.6) is 0 Å². The van der Waals surface area contributed by atoms with Crippen LogP contribution in [-0.2, 0) is 14.3 Å². The van der Waals surface area contributed by atoms with Crippen LogP contribution in [0.15, 0.2) is 30.2 Å². The fourth-order valence-electron chi connectivity index (χ4n) is 1.52. The number of carbonyl (C=O) groups is 2. The topological polar surface area (TPSA) is 55.4 Å².